The van der Waals surface area contributed by atoms with Crippen LogP contribution in [-0.2, 0) is 0 Å². The Hall–Kier alpha value is -3.41. The number of para-hydroxylation sites is 1. The lowest BCUT2D eigenvalue weighted by molar-refractivity contribution is 0.0940. The van der Waals surface area contributed by atoms with Crippen LogP contribution in [0.5, 0.6) is 11.5 Å². The van der Waals surface area contributed by atoms with Crippen molar-refractivity contribution in [1.82, 2.24) is 15.8 Å². The summed E-state index contributed by atoms with van der Waals surface area (Å²) in [6.45, 7) is 1.87. The van der Waals surface area contributed by atoms with Gasteiger partial charge >= 0.3 is 0 Å². The smallest absolute Gasteiger partial charge is 0.271 e. The normalized spacial score (nSPS) is 11.3. The van der Waals surface area contributed by atoms with E-state index in [9.17, 15) is 4.79 Å². The number of ether oxygens (including phenoxy) is 2. The van der Waals surface area contributed by atoms with Crippen molar-refractivity contribution in [1.29, 1.82) is 0 Å². The van der Waals surface area contributed by atoms with E-state index in [1.807, 2.05) is 55.6 Å². The Kier molecular flexibility index (Phi) is 5.12. The minimum atomic E-state index is -0.210. The van der Waals surface area contributed by atoms with E-state index in [4.69, 9.17) is 9.47 Å². The van der Waals surface area contributed by atoms with Gasteiger partial charge in [-0.15, -0.1) is 0 Å². The fourth-order valence-electron chi connectivity index (χ4n) is 2.73. The molecular weight excluding hydrogens is 330 g/mol. The average Bonchev–Trinajstić information content (AvgIpc) is 3.14. The van der Waals surface area contributed by atoms with Crippen LogP contribution < -0.4 is 20.3 Å². The molecule has 0 aliphatic carbocycles. The molecule has 6 nitrogen and oxygen atoms in total. The van der Waals surface area contributed by atoms with Crippen molar-refractivity contribution in [3.05, 3.63) is 65.5 Å². The van der Waals surface area contributed by atoms with Gasteiger partial charge in [-0.25, -0.2) is 0 Å². The first kappa shape index (κ1) is 17.4. The second-order valence-electron chi connectivity index (χ2n) is 5.77. The van der Waals surface area contributed by atoms with E-state index >= 15 is 0 Å². The van der Waals surface area contributed by atoms with Gasteiger partial charge in [0.1, 0.15) is 0 Å². The second-order valence-corrected chi connectivity index (χ2v) is 5.77. The summed E-state index contributed by atoms with van der Waals surface area (Å²) >= 11 is 0. The monoisotopic (exact) mass is 351 g/mol. The molecule has 0 aliphatic rings. The highest BCUT2D eigenvalue weighted by molar-refractivity contribution is 6.05. The lowest BCUT2D eigenvalue weighted by atomic mass is 10.1. The average molecular weight is 351 g/mol. The first-order valence-corrected chi connectivity index (χ1v) is 8.15. The molecule has 3 rings (SSSR count). The van der Waals surface area contributed by atoms with Crippen LogP contribution in [0.25, 0.3) is 17.0 Å². The molecule has 0 aliphatic heterocycles. The van der Waals surface area contributed by atoms with Crippen molar-refractivity contribution in [2.24, 2.45) is 0 Å². The van der Waals surface area contributed by atoms with Crippen molar-refractivity contribution in [3.8, 4) is 11.5 Å². The van der Waals surface area contributed by atoms with E-state index in [0.29, 0.717) is 17.1 Å². The van der Waals surface area contributed by atoms with E-state index in [1.54, 1.807) is 20.3 Å². The predicted octanol–water partition coefficient (Wildman–Crippen LogP) is 3.48. The highest BCUT2D eigenvalue weighted by Gasteiger charge is 2.10. The summed E-state index contributed by atoms with van der Waals surface area (Å²) in [7, 11) is 3.19. The number of aromatic nitrogens is 1. The van der Waals surface area contributed by atoms with Crippen molar-refractivity contribution in [3.63, 3.8) is 0 Å². The topological polar surface area (TPSA) is 75.4 Å². The number of hydrogen-bond donors (Lipinski definition) is 3. The molecule has 0 saturated carbocycles. The number of H-pyrrole nitrogens is 1. The summed E-state index contributed by atoms with van der Waals surface area (Å²) in [6, 6.07) is 13.1. The highest BCUT2D eigenvalue weighted by atomic mass is 16.5. The van der Waals surface area contributed by atoms with E-state index < -0.39 is 0 Å². The van der Waals surface area contributed by atoms with Gasteiger partial charge in [-0.1, -0.05) is 18.2 Å². The standard InChI is InChI=1S/C20H21N3O3/c1-13(11-14-7-8-17(25-2)18(12-14)26-3)22-23-20(24)16-6-4-5-15-9-10-21-19(15)16/h4-12,21-22H,1-3H3,(H,23,24)/b13-11-. The zero-order chi connectivity index (χ0) is 18.5. The molecule has 0 atom stereocenters. The number of carbonyl (C=O) groups is 1. The second kappa shape index (κ2) is 7.65. The predicted molar refractivity (Wildman–Crippen MR) is 102 cm³/mol. The number of nitrogens with one attached hydrogen (secondary N) is 3. The molecule has 0 bridgehead atoms. The number of rotatable bonds is 6. The summed E-state index contributed by atoms with van der Waals surface area (Å²) in [5.74, 6) is 1.11. The lowest BCUT2D eigenvalue weighted by Crippen LogP contribution is -2.36. The van der Waals surface area contributed by atoms with Crippen LogP contribution in [-0.4, -0.2) is 25.1 Å². The van der Waals surface area contributed by atoms with Crippen LogP contribution >= 0.6 is 0 Å². The number of allylic oxidation sites excluding steroid dienone is 1. The van der Waals surface area contributed by atoms with Gasteiger partial charge in [0, 0.05) is 17.3 Å². The third-order valence-electron chi connectivity index (χ3n) is 4.00. The molecule has 1 aromatic heterocycles. The first-order valence-electron chi connectivity index (χ1n) is 8.15. The lowest BCUT2D eigenvalue weighted by Gasteiger charge is -2.11. The molecule has 0 radical (unpaired) electrons. The molecule has 0 fully saturated rings. The maximum absolute atomic E-state index is 12.4. The van der Waals surface area contributed by atoms with Crippen LogP contribution in [0.3, 0.4) is 0 Å². The molecule has 3 aromatic rings. The van der Waals surface area contributed by atoms with Gasteiger partial charge in [0.25, 0.3) is 5.91 Å². The van der Waals surface area contributed by atoms with Crippen LogP contribution in [0, 0.1) is 0 Å². The summed E-state index contributed by atoms with van der Waals surface area (Å²) in [5, 5.41) is 0.996. The fourth-order valence-corrected chi connectivity index (χ4v) is 2.73. The Labute approximate surface area is 151 Å². The van der Waals surface area contributed by atoms with Crippen molar-refractivity contribution in [2.75, 3.05) is 14.2 Å². The number of carbonyl (C=O) groups excluding carboxylic acids is 1. The number of benzene rings is 2. The van der Waals surface area contributed by atoms with Crippen LogP contribution in [0.1, 0.15) is 22.8 Å². The molecule has 0 unspecified atom stereocenters. The molecule has 1 heterocycles. The molecule has 1 amide bonds. The zero-order valence-corrected chi connectivity index (χ0v) is 14.9. The largest absolute Gasteiger partial charge is 0.493 e. The van der Waals surface area contributed by atoms with Gasteiger partial charge in [-0.3, -0.25) is 10.2 Å². The van der Waals surface area contributed by atoms with Crippen LogP contribution in [0.15, 0.2) is 54.4 Å². The Morgan fingerprint density at radius 3 is 2.62 bits per heavy atom. The Morgan fingerprint density at radius 1 is 1.04 bits per heavy atom. The van der Waals surface area contributed by atoms with E-state index in [1.165, 1.54) is 0 Å². The Balaban J connectivity index is 1.70. The summed E-state index contributed by atoms with van der Waals surface area (Å²) < 4.78 is 10.5. The van der Waals surface area contributed by atoms with Crippen LogP contribution in [0.2, 0.25) is 0 Å². The Bertz CT molecular complexity index is 960. The Morgan fingerprint density at radius 2 is 1.85 bits per heavy atom. The first-order chi connectivity index (χ1) is 12.6. The number of amides is 1. The maximum Gasteiger partial charge on any atom is 0.271 e. The molecule has 2 aromatic carbocycles. The summed E-state index contributed by atoms with van der Waals surface area (Å²) in [6.07, 6.45) is 3.72. The van der Waals surface area contributed by atoms with Crippen molar-refractivity contribution < 1.29 is 14.3 Å². The molecule has 0 spiro atoms. The maximum atomic E-state index is 12.4. The van der Waals surface area contributed by atoms with Gasteiger partial charge in [-0.05, 0) is 42.8 Å². The van der Waals surface area contributed by atoms with Crippen LogP contribution in [0.4, 0.5) is 0 Å². The number of aromatic amines is 1. The minimum Gasteiger partial charge on any atom is -0.493 e. The van der Waals surface area contributed by atoms with Gasteiger partial charge < -0.3 is 19.9 Å². The number of methoxy groups -OCH3 is 2. The molecule has 26 heavy (non-hydrogen) atoms. The minimum absolute atomic E-state index is 0.210. The van der Waals surface area contributed by atoms with Crippen molar-refractivity contribution in [2.45, 2.75) is 6.92 Å². The quantitative estimate of drug-likeness (QED) is 0.594. The number of fused-ring (bicyclic) bond motifs is 1. The van der Waals surface area contributed by atoms with Gasteiger partial charge in [0.2, 0.25) is 0 Å². The highest BCUT2D eigenvalue weighted by Crippen LogP contribution is 2.28. The van der Waals surface area contributed by atoms with E-state index in [2.05, 4.69) is 15.8 Å². The van der Waals surface area contributed by atoms with Crippen molar-refractivity contribution >= 4 is 22.9 Å². The molecule has 6 heteroatoms. The number of hydrogen-bond acceptors (Lipinski definition) is 4. The molecule has 3 N–H and O–H groups in total. The zero-order valence-electron chi connectivity index (χ0n) is 14.9. The third kappa shape index (κ3) is 3.64. The number of hydrazine groups is 1. The molecule has 0 saturated heterocycles. The third-order valence-corrected chi connectivity index (χ3v) is 4.00. The molecular formula is C20H21N3O3. The fraction of sp³-hybridized carbons (Fsp3) is 0.150. The summed E-state index contributed by atoms with van der Waals surface area (Å²) in [5.41, 5.74) is 8.75. The molecule has 134 valence electrons. The van der Waals surface area contributed by atoms with E-state index in [0.717, 1.165) is 22.2 Å². The van der Waals surface area contributed by atoms with Gasteiger partial charge in [0.05, 0.1) is 25.3 Å². The van der Waals surface area contributed by atoms with E-state index in [-0.39, 0.29) is 5.91 Å². The SMILES string of the molecule is COc1ccc(/C=C(/C)NNC(=O)c2cccc3cc[nH]c23)cc1OC. The summed E-state index contributed by atoms with van der Waals surface area (Å²) in [4.78, 5) is 15.5. The van der Waals surface area contributed by atoms with Gasteiger partial charge in [-0.2, -0.15) is 0 Å². The van der Waals surface area contributed by atoms with Gasteiger partial charge in [0.15, 0.2) is 11.5 Å².